The Morgan fingerprint density at radius 1 is 1.00 bits per heavy atom. The van der Waals surface area contributed by atoms with Crippen LogP contribution in [0.3, 0.4) is 0 Å². The number of ether oxygens (including phenoxy) is 3. The molecule has 0 N–H and O–H groups in total. The van der Waals surface area contributed by atoms with Crippen molar-refractivity contribution in [1.82, 2.24) is 9.91 Å². The molecule has 42 heavy (non-hydrogen) atoms. The number of nitrogens with zero attached hydrogens (tertiary/aromatic N) is 3. The molecular formula is C30H29F4N3O5. The number of rotatable bonds is 10. The lowest BCUT2D eigenvalue weighted by atomic mass is 9.97. The zero-order valence-electron chi connectivity index (χ0n) is 23.2. The number of hydrogen-bond donors (Lipinski definition) is 0. The number of hydrazone groups is 1. The number of alkyl halides is 3. The molecule has 2 amide bonds. The van der Waals surface area contributed by atoms with Crippen molar-refractivity contribution in [3.05, 3.63) is 94.8 Å². The van der Waals surface area contributed by atoms with Gasteiger partial charge >= 0.3 is 6.18 Å². The summed E-state index contributed by atoms with van der Waals surface area (Å²) < 4.78 is 69.8. The topological polar surface area (TPSA) is 80.7 Å². The molecule has 0 bridgehead atoms. The molecule has 8 nitrogen and oxygen atoms in total. The van der Waals surface area contributed by atoms with Gasteiger partial charge in [0.2, 0.25) is 0 Å². The van der Waals surface area contributed by atoms with Gasteiger partial charge < -0.3 is 19.1 Å². The zero-order chi connectivity index (χ0) is 30.4. The molecule has 1 atom stereocenters. The van der Waals surface area contributed by atoms with Gasteiger partial charge in [0.1, 0.15) is 23.9 Å². The predicted molar refractivity (Wildman–Crippen MR) is 146 cm³/mol. The monoisotopic (exact) mass is 587 g/mol. The molecule has 222 valence electrons. The SMILES string of the molecule is COCCN(CC(=O)N1N=C(c2ccccc2F)CC1c1cc(OC)ccc1OC)C(=O)c1ccc(C(F)(F)F)cc1. The molecule has 1 aliphatic rings. The maximum atomic E-state index is 14.7. The highest BCUT2D eigenvalue weighted by Crippen LogP contribution is 2.39. The second-order valence-electron chi connectivity index (χ2n) is 9.39. The number of halogens is 4. The van der Waals surface area contributed by atoms with Crippen molar-refractivity contribution in [3.63, 3.8) is 0 Å². The van der Waals surface area contributed by atoms with E-state index in [0.717, 1.165) is 24.3 Å². The van der Waals surface area contributed by atoms with Crippen LogP contribution in [0, 0.1) is 5.82 Å². The molecule has 0 aliphatic carbocycles. The Hall–Kier alpha value is -4.45. The Kier molecular flexibility index (Phi) is 9.46. The van der Waals surface area contributed by atoms with Crippen molar-refractivity contribution in [1.29, 1.82) is 0 Å². The molecule has 0 fully saturated rings. The van der Waals surface area contributed by atoms with Gasteiger partial charge in [-0.15, -0.1) is 0 Å². The standard InChI is InChI=1S/C30H29F4N3O5/c1-40-15-14-36(29(39)19-8-10-20(11-9-19)30(32,33)34)18-28(38)37-26(23-16-21(41-2)12-13-27(23)42-3)17-25(35-37)22-6-4-5-7-24(22)31/h4-13,16,26H,14-15,17-18H2,1-3H3. The Morgan fingerprint density at radius 2 is 1.71 bits per heavy atom. The van der Waals surface area contributed by atoms with E-state index >= 15 is 0 Å². The van der Waals surface area contributed by atoms with Crippen LogP contribution in [0.25, 0.3) is 0 Å². The normalized spacial score (nSPS) is 14.9. The third-order valence-corrected chi connectivity index (χ3v) is 6.78. The molecule has 0 radical (unpaired) electrons. The van der Waals surface area contributed by atoms with Gasteiger partial charge in [-0.05, 0) is 48.5 Å². The molecule has 0 aromatic heterocycles. The fourth-order valence-electron chi connectivity index (χ4n) is 4.61. The average Bonchev–Trinajstić information content (AvgIpc) is 3.43. The molecule has 3 aromatic rings. The number of amides is 2. The molecule has 0 saturated heterocycles. The number of benzene rings is 3. The quantitative estimate of drug-likeness (QED) is 0.300. The maximum Gasteiger partial charge on any atom is 0.416 e. The van der Waals surface area contributed by atoms with Crippen molar-refractivity contribution < 1.29 is 41.4 Å². The number of methoxy groups -OCH3 is 3. The zero-order valence-corrected chi connectivity index (χ0v) is 23.2. The summed E-state index contributed by atoms with van der Waals surface area (Å²) in [6.45, 7) is -0.427. The summed E-state index contributed by atoms with van der Waals surface area (Å²) in [6, 6.07) is 14.1. The van der Waals surface area contributed by atoms with Crippen LogP contribution in [0.15, 0.2) is 71.8 Å². The third kappa shape index (κ3) is 6.71. The predicted octanol–water partition coefficient (Wildman–Crippen LogP) is 5.33. The highest BCUT2D eigenvalue weighted by Gasteiger charge is 2.37. The van der Waals surface area contributed by atoms with Crippen molar-refractivity contribution in [3.8, 4) is 11.5 Å². The first-order valence-electron chi connectivity index (χ1n) is 12.9. The van der Waals surface area contributed by atoms with E-state index in [2.05, 4.69) is 5.10 Å². The fourth-order valence-corrected chi connectivity index (χ4v) is 4.61. The minimum Gasteiger partial charge on any atom is -0.497 e. The van der Waals surface area contributed by atoms with Crippen LogP contribution in [-0.2, 0) is 15.7 Å². The first-order valence-corrected chi connectivity index (χ1v) is 12.9. The van der Waals surface area contributed by atoms with Crippen LogP contribution < -0.4 is 9.47 Å². The smallest absolute Gasteiger partial charge is 0.416 e. The minimum atomic E-state index is -4.56. The highest BCUT2D eigenvalue weighted by atomic mass is 19.4. The van der Waals surface area contributed by atoms with E-state index in [9.17, 15) is 27.2 Å². The van der Waals surface area contributed by atoms with Crippen LogP contribution >= 0.6 is 0 Å². The van der Waals surface area contributed by atoms with E-state index in [1.807, 2.05) is 0 Å². The highest BCUT2D eigenvalue weighted by molar-refractivity contribution is 6.04. The largest absolute Gasteiger partial charge is 0.497 e. The third-order valence-electron chi connectivity index (χ3n) is 6.78. The molecule has 3 aromatic carbocycles. The van der Waals surface area contributed by atoms with Gasteiger partial charge in [0, 0.05) is 36.8 Å². The summed E-state index contributed by atoms with van der Waals surface area (Å²) in [6.07, 6.45) is -4.42. The first kappa shape index (κ1) is 30.5. The van der Waals surface area contributed by atoms with Gasteiger partial charge in [0.15, 0.2) is 0 Å². The summed E-state index contributed by atoms with van der Waals surface area (Å²) in [5, 5.41) is 5.66. The van der Waals surface area contributed by atoms with Crippen LogP contribution in [0.5, 0.6) is 11.5 Å². The summed E-state index contributed by atoms with van der Waals surface area (Å²) >= 11 is 0. The first-order chi connectivity index (χ1) is 20.1. The number of carbonyl (C=O) groups excluding carboxylic acids is 2. The summed E-state index contributed by atoms with van der Waals surface area (Å²) in [5.41, 5.74) is 0.152. The molecule has 0 spiro atoms. The van der Waals surface area contributed by atoms with Gasteiger partial charge in [0.05, 0.1) is 38.1 Å². The van der Waals surface area contributed by atoms with Gasteiger partial charge in [-0.1, -0.05) is 18.2 Å². The Balaban J connectivity index is 1.69. The van der Waals surface area contributed by atoms with Crippen molar-refractivity contribution >= 4 is 17.5 Å². The summed E-state index contributed by atoms with van der Waals surface area (Å²) in [4.78, 5) is 28.3. The average molecular weight is 588 g/mol. The van der Waals surface area contributed by atoms with E-state index in [-0.39, 0.29) is 30.7 Å². The van der Waals surface area contributed by atoms with Crippen LogP contribution in [0.1, 0.15) is 39.5 Å². The molecule has 12 heteroatoms. The van der Waals surface area contributed by atoms with E-state index in [1.165, 1.54) is 37.3 Å². The van der Waals surface area contributed by atoms with E-state index in [0.29, 0.717) is 22.8 Å². The maximum absolute atomic E-state index is 14.7. The van der Waals surface area contributed by atoms with Crippen LogP contribution in [-0.4, -0.2) is 68.5 Å². The summed E-state index contributed by atoms with van der Waals surface area (Å²) in [7, 11) is 4.38. The molecule has 1 aliphatic heterocycles. The number of carbonyl (C=O) groups is 2. The Labute approximate surface area is 240 Å². The second-order valence-corrected chi connectivity index (χ2v) is 9.39. The lowest BCUT2D eigenvalue weighted by Gasteiger charge is -2.28. The fraction of sp³-hybridized carbons (Fsp3) is 0.300. The minimum absolute atomic E-state index is 0.0209. The number of hydrogen-bond acceptors (Lipinski definition) is 6. The van der Waals surface area contributed by atoms with Crippen LogP contribution in [0.4, 0.5) is 17.6 Å². The molecular weight excluding hydrogens is 558 g/mol. The van der Waals surface area contributed by atoms with E-state index < -0.39 is 42.0 Å². The van der Waals surface area contributed by atoms with Gasteiger partial charge in [-0.2, -0.15) is 18.3 Å². The Bertz CT molecular complexity index is 1460. The molecule has 4 rings (SSSR count). The molecule has 1 heterocycles. The second kappa shape index (κ2) is 13.0. The lowest BCUT2D eigenvalue weighted by molar-refractivity contribution is -0.137. The van der Waals surface area contributed by atoms with Crippen molar-refractivity contribution in [2.24, 2.45) is 5.10 Å². The van der Waals surface area contributed by atoms with E-state index in [4.69, 9.17) is 14.2 Å². The molecule has 0 saturated carbocycles. The van der Waals surface area contributed by atoms with Gasteiger partial charge in [0.25, 0.3) is 11.8 Å². The van der Waals surface area contributed by atoms with Crippen molar-refractivity contribution in [2.45, 2.75) is 18.6 Å². The van der Waals surface area contributed by atoms with Crippen molar-refractivity contribution in [2.75, 3.05) is 41.0 Å². The Morgan fingerprint density at radius 3 is 2.33 bits per heavy atom. The summed E-state index contributed by atoms with van der Waals surface area (Å²) in [5.74, 6) is -0.840. The van der Waals surface area contributed by atoms with Gasteiger partial charge in [-0.3, -0.25) is 9.59 Å². The lowest BCUT2D eigenvalue weighted by Crippen LogP contribution is -2.42. The van der Waals surface area contributed by atoms with Gasteiger partial charge in [-0.25, -0.2) is 9.40 Å². The van der Waals surface area contributed by atoms with E-state index in [1.54, 1.807) is 36.4 Å². The molecule has 1 unspecified atom stereocenters. The van der Waals surface area contributed by atoms with Crippen LogP contribution in [0.2, 0.25) is 0 Å².